The van der Waals surface area contributed by atoms with Gasteiger partial charge >= 0.3 is 11.9 Å². The van der Waals surface area contributed by atoms with Gasteiger partial charge in [0.1, 0.15) is 18.0 Å². The van der Waals surface area contributed by atoms with Crippen LogP contribution in [0.2, 0.25) is 0 Å². The lowest BCUT2D eigenvalue weighted by Crippen LogP contribution is -2.60. The molecule has 0 aromatic heterocycles. The number of Topliss-reactive ketones (excluding diaryl/α,β-unsaturated/α-hetero) is 1. The van der Waals surface area contributed by atoms with Gasteiger partial charge in [-0.25, -0.2) is 0 Å². The quantitative estimate of drug-likeness (QED) is 0.259. The summed E-state index contributed by atoms with van der Waals surface area (Å²) in [7, 11) is 0. The lowest BCUT2D eigenvalue weighted by atomic mass is 9.44. The Hall–Kier alpha value is -1.65. The molecule has 4 aliphatic carbocycles. The summed E-state index contributed by atoms with van der Waals surface area (Å²) in [4.78, 5) is 37.6. The van der Waals surface area contributed by atoms with Crippen molar-refractivity contribution in [3.8, 4) is 0 Å². The Kier molecular flexibility index (Phi) is 8.56. The van der Waals surface area contributed by atoms with Gasteiger partial charge in [0.25, 0.3) is 0 Å². The lowest BCUT2D eigenvalue weighted by molar-refractivity contribution is -0.195. The summed E-state index contributed by atoms with van der Waals surface area (Å²) in [6.07, 6.45) is 11.6. The third kappa shape index (κ3) is 5.24. The molecule has 0 aromatic rings. The molecule has 0 aromatic carbocycles. The number of carbonyl (C=O) groups is 3. The molecule has 0 saturated heterocycles. The SMILES string of the molecule is CC[C@H](C=C[C@@H](C)[C@H]1CC[C@H]2[C@@H]3CC(=O)[C@H]4C[C@H](OC(C)=O)[C@H](OC(C)=O)C[C@]4(C)[C@H]3CC[C@]12C)C(C)C. The van der Waals surface area contributed by atoms with E-state index in [1.54, 1.807) is 0 Å². The third-order valence-corrected chi connectivity index (χ3v) is 11.8. The normalized spacial score (nSPS) is 42.2. The number of esters is 2. The number of fused-ring (bicyclic) bond motifs is 5. The van der Waals surface area contributed by atoms with Crippen LogP contribution in [0.4, 0.5) is 0 Å². The van der Waals surface area contributed by atoms with Gasteiger partial charge in [-0.1, -0.05) is 53.7 Å². The smallest absolute Gasteiger partial charge is 0.303 e. The van der Waals surface area contributed by atoms with E-state index in [9.17, 15) is 14.4 Å². The molecular weight excluding hydrogens is 476 g/mol. The summed E-state index contributed by atoms with van der Waals surface area (Å²) < 4.78 is 11.3. The Morgan fingerprint density at radius 3 is 2.18 bits per heavy atom. The van der Waals surface area contributed by atoms with E-state index in [0.717, 1.165) is 6.42 Å². The lowest BCUT2D eigenvalue weighted by Gasteiger charge is -2.61. The Morgan fingerprint density at radius 2 is 1.58 bits per heavy atom. The Labute approximate surface area is 230 Å². The minimum Gasteiger partial charge on any atom is -0.459 e. The molecule has 5 heteroatoms. The summed E-state index contributed by atoms with van der Waals surface area (Å²) in [5.41, 5.74) is 0.0332. The van der Waals surface area contributed by atoms with E-state index < -0.39 is 12.2 Å². The maximum absolute atomic E-state index is 13.8. The zero-order valence-corrected chi connectivity index (χ0v) is 25.1. The van der Waals surface area contributed by atoms with Crippen LogP contribution in [0.25, 0.3) is 0 Å². The van der Waals surface area contributed by atoms with E-state index in [-0.39, 0.29) is 28.7 Å². The van der Waals surface area contributed by atoms with Crippen molar-refractivity contribution in [3.05, 3.63) is 12.2 Å². The first-order chi connectivity index (χ1) is 17.8. The van der Waals surface area contributed by atoms with Gasteiger partial charge in [0, 0.05) is 26.2 Å². The minimum atomic E-state index is -0.537. The first kappa shape index (κ1) is 29.3. The molecule has 38 heavy (non-hydrogen) atoms. The second-order valence-corrected chi connectivity index (χ2v) is 14.1. The van der Waals surface area contributed by atoms with Crippen LogP contribution in [0.3, 0.4) is 0 Å². The van der Waals surface area contributed by atoms with Gasteiger partial charge in [0.15, 0.2) is 0 Å². The van der Waals surface area contributed by atoms with Crippen molar-refractivity contribution in [2.24, 2.45) is 58.2 Å². The molecule has 4 saturated carbocycles. The van der Waals surface area contributed by atoms with Crippen LogP contribution < -0.4 is 0 Å². The van der Waals surface area contributed by atoms with Crippen LogP contribution in [-0.4, -0.2) is 29.9 Å². The Balaban J connectivity index is 1.56. The summed E-state index contributed by atoms with van der Waals surface area (Å²) in [5.74, 6) is 3.36. The van der Waals surface area contributed by atoms with Crippen molar-refractivity contribution >= 4 is 17.7 Å². The summed E-state index contributed by atoms with van der Waals surface area (Å²) in [6, 6.07) is 0. The third-order valence-electron chi connectivity index (χ3n) is 11.8. The molecule has 4 aliphatic rings. The van der Waals surface area contributed by atoms with Gasteiger partial charge in [-0.05, 0) is 97.2 Å². The van der Waals surface area contributed by atoms with Crippen molar-refractivity contribution in [3.63, 3.8) is 0 Å². The molecule has 214 valence electrons. The van der Waals surface area contributed by atoms with Gasteiger partial charge in [-0.3, -0.25) is 14.4 Å². The Morgan fingerprint density at radius 1 is 0.947 bits per heavy atom. The number of hydrogen-bond donors (Lipinski definition) is 0. The highest BCUT2D eigenvalue weighted by molar-refractivity contribution is 5.83. The van der Waals surface area contributed by atoms with Crippen LogP contribution >= 0.6 is 0 Å². The fourth-order valence-corrected chi connectivity index (χ4v) is 9.89. The summed E-state index contributed by atoms with van der Waals surface area (Å²) in [6.45, 7) is 16.9. The highest BCUT2D eigenvalue weighted by Gasteiger charge is 2.64. The molecule has 0 heterocycles. The van der Waals surface area contributed by atoms with E-state index in [2.05, 4.69) is 53.7 Å². The van der Waals surface area contributed by atoms with Gasteiger partial charge < -0.3 is 9.47 Å². The van der Waals surface area contributed by atoms with E-state index in [1.165, 1.54) is 39.5 Å². The number of hydrogen-bond acceptors (Lipinski definition) is 5. The molecular formula is C33H52O5. The second kappa shape index (κ2) is 11.1. The molecule has 11 atom stereocenters. The van der Waals surface area contributed by atoms with E-state index in [1.807, 2.05) is 0 Å². The number of rotatable bonds is 7. The van der Waals surface area contributed by atoms with Crippen molar-refractivity contribution in [1.82, 2.24) is 0 Å². The van der Waals surface area contributed by atoms with Gasteiger partial charge in [-0.15, -0.1) is 0 Å². The second-order valence-electron chi connectivity index (χ2n) is 14.1. The molecule has 0 aliphatic heterocycles. The number of ether oxygens (including phenoxy) is 2. The molecule has 0 bridgehead atoms. The molecule has 4 fully saturated rings. The molecule has 0 unspecified atom stereocenters. The largest absolute Gasteiger partial charge is 0.459 e. The van der Waals surface area contributed by atoms with Gasteiger partial charge in [0.2, 0.25) is 0 Å². The minimum absolute atomic E-state index is 0.134. The fraction of sp³-hybridized carbons (Fsp3) is 0.848. The monoisotopic (exact) mass is 528 g/mol. The summed E-state index contributed by atoms with van der Waals surface area (Å²) in [5, 5.41) is 0. The molecule has 5 nitrogen and oxygen atoms in total. The maximum Gasteiger partial charge on any atom is 0.303 e. The number of carbonyl (C=O) groups excluding carboxylic acids is 3. The van der Waals surface area contributed by atoms with Gasteiger partial charge in [0.05, 0.1) is 0 Å². The van der Waals surface area contributed by atoms with Crippen LogP contribution in [0, 0.1) is 58.2 Å². The predicted molar refractivity (Wildman–Crippen MR) is 149 cm³/mol. The Bertz CT molecular complexity index is 938. The van der Waals surface area contributed by atoms with Crippen LogP contribution in [0.5, 0.6) is 0 Å². The van der Waals surface area contributed by atoms with Crippen LogP contribution in [0.15, 0.2) is 12.2 Å². The fourth-order valence-electron chi connectivity index (χ4n) is 9.89. The molecule has 0 amide bonds. The molecule has 0 N–H and O–H groups in total. The topological polar surface area (TPSA) is 69.7 Å². The number of allylic oxidation sites excluding steroid dienone is 2. The van der Waals surface area contributed by atoms with E-state index >= 15 is 0 Å². The van der Waals surface area contributed by atoms with E-state index in [4.69, 9.17) is 9.47 Å². The standard InChI is InChI=1S/C33H52O5/c1-9-23(19(2)3)11-10-20(4)25-12-13-26-24-16-29(36)28-17-30(37-21(5)34)31(38-22(6)35)18-33(28,8)27(24)14-15-32(25,26)7/h10-11,19-20,23-28,30-31H,9,12-18H2,1-8H3/t20-,23-,24+,25-,26+,27+,28-,30+,31-,32-,33-/m1/s1. The van der Waals surface area contributed by atoms with Crippen LogP contribution in [0.1, 0.15) is 107 Å². The maximum atomic E-state index is 13.8. The van der Waals surface area contributed by atoms with Crippen molar-refractivity contribution in [2.75, 3.05) is 0 Å². The number of ketones is 1. The molecule has 0 spiro atoms. The first-order valence-corrected chi connectivity index (χ1v) is 15.4. The first-order valence-electron chi connectivity index (χ1n) is 15.4. The van der Waals surface area contributed by atoms with E-state index in [0.29, 0.717) is 66.5 Å². The summed E-state index contributed by atoms with van der Waals surface area (Å²) >= 11 is 0. The zero-order valence-electron chi connectivity index (χ0n) is 25.1. The van der Waals surface area contributed by atoms with Crippen molar-refractivity contribution in [2.45, 2.75) is 119 Å². The average molecular weight is 529 g/mol. The molecule has 0 radical (unpaired) electrons. The molecule has 4 rings (SSSR count). The highest BCUT2D eigenvalue weighted by Crippen LogP contribution is 2.68. The van der Waals surface area contributed by atoms with Crippen molar-refractivity contribution < 1.29 is 23.9 Å². The highest BCUT2D eigenvalue weighted by atomic mass is 16.6. The predicted octanol–water partition coefficient (Wildman–Crippen LogP) is 7.17. The van der Waals surface area contributed by atoms with Gasteiger partial charge in [-0.2, -0.15) is 0 Å². The van der Waals surface area contributed by atoms with Crippen LogP contribution in [-0.2, 0) is 23.9 Å². The zero-order chi connectivity index (χ0) is 28.0. The van der Waals surface area contributed by atoms with Crippen molar-refractivity contribution in [1.29, 1.82) is 0 Å². The average Bonchev–Trinajstić information content (AvgIpc) is 3.17.